The minimum absolute atomic E-state index is 0.0649. The number of aliphatic carboxylic acids is 2. The van der Waals surface area contributed by atoms with Crippen LogP contribution in [0.2, 0.25) is 0 Å². The molecule has 0 aliphatic heterocycles. The van der Waals surface area contributed by atoms with Gasteiger partial charge in [0.1, 0.15) is 0 Å². The van der Waals surface area contributed by atoms with Crippen LogP contribution >= 0.6 is 0 Å². The highest BCUT2D eigenvalue weighted by molar-refractivity contribution is 5.77. The molecule has 0 saturated carbocycles. The monoisotopic (exact) mass is 397 g/mol. The predicted octanol–water partition coefficient (Wildman–Crippen LogP) is 3.75. The standard InChI is InChI=1S/C23H27NO5/c1-16(23(28)29)14-20(24-21(25)8-5-9-22(26)27)15-17-10-12-19(13-11-17)18-6-3-2-4-7-18/h2-4,6-7,10-13,16,20H,5,8-9,14-15H2,1H3,(H,24,25)(H,26,27)(H,28,29)/t16-,20-/m0/s1. The smallest absolute Gasteiger partial charge is 0.306 e. The average Bonchev–Trinajstić information content (AvgIpc) is 2.68. The van der Waals surface area contributed by atoms with Gasteiger partial charge < -0.3 is 15.5 Å². The largest absolute Gasteiger partial charge is 0.481 e. The third-order valence-electron chi connectivity index (χ3n) is 4.76. The van der Waals surface area contributed by atoms with E-state index in [0.29, 0.717) is 12.8 Å². The van der Waals surface area contributed by atoms with E-state index in [1.165, 1.54) is 0 Å². The second kappa shape index (κ2) is 11.0. The molecule has 2 atom stereocenters. The maximum atomic E-state index is 12.2. The molecule has 0 spiro atoms. The van der Waals surface area contributed by atoms with Crippen LogP contribution in [0.15, 0.2) is 54.6 Å². The molecule has 3 N–H and O–H groups in total. The zero-order valence-electron chi connectivity index (χ0n) is 16.5. The van der Waals surface area contributed by atoms with Gasteiger partial charge in [-0.3, -0.25) is 14.4 Å². The second-order valence-corrected chi connectivity index (χ2v) is 7.25. The van der Waals surface area contributed by atoms with Gasteiger partial charge in [-0.2, -0.15) is 0 Å². The van der Waals surface area contributed by atoms with Crippen molar-refractivity contribution in [2.45, 2.75) is 45.1 Å². The fourth-order valence-corrected chi connectivity index (χ4v) is 3.17. The number of hydrogen-bond donors (Lipinski definition) is 3. The molecular formula is C23H27NO5. The van der Waals surface area contributed by atoms with E-state index in [1.807, 2.05) is 54.6 Å². The molecule has 6 nitrogen and oxygen atoms in total. The number of amides is 1. The summed E-state index contributed by atoms with van der Waals surface area (Å²) in [6.45, 7) is 1.62. The molecule has 0 aliphatic carbocycles. The number of nitrogens with one attached hydrogen (secondary N) is 1. The first-order valence-electron chi connectivity index (χ1n) is 9.73. The van der Waals surface area contributed by atoms with Gasteiger partial charge in [0, 0.05) is 18.9 Å². The Bertz CT molecular complexity index is 817. The van der Waals surface area contributed by atoms with E-state index in [-0.39, 0.29) is 31.2 Å². The fourth-order valence-electron chi connectivity index (χ4n) is 3.17. The molecule has 2 aromatic rings. The van der Waals surface area contributed by atoms with Gasteiger partial charge in [0.15, 0.2) is 0 Å². The molecule has 0 unspecified atom stereocenters. The van der Waals surface area contributed by atoms with Crippen molar-refractivity contribution in [2.75, 3.05) is 0 Å². The summed E-state index contributed by atoms with van der Waals surface area (Å²) in [7, 11) is 0. The Morgan fingerprint density at radius 1 is 0.897 bits per heavy atom. The molecule has 0 aromatic heterocycles. The number of rotatable bonds is 11. The van der Waals surface area contributed by atoms with E-state index in [9.17, 15) is 19.5 Å². The van der Waals surface area contributed by atoms with Crippen molar-refractivity contribution in [2.24, 2.45) is 5.92 Å². The van der Waals surface area contributed by atoms with Crippen molar-refractivity contribution >= 4 is 17.8 Å². The molecule has 2 aromatic carbocycles. The summed E-state index contributed by atoms with van der Waals surface area (Å²) in [5.74, 6) is -2.69. The van der Waals surface area contributed by atoms with Crippen LogP contribution < -0.4 is 5.32 Å². The first-order chi connectivity index (χ1) is 13.8. The van der Waals surface area contributed by atoms with Crippen LogP contribution in [0.4, 0.5) is 0 Å². The summed E-state index contributed by atoms with van der Waals surface area (Å²) < 4.78 is 0. The van der Waals surface area contributed by atoms with E-state index in [1.54, 1.807) is 6.92 Å². The van der Waals surface area contributed by atoms with Crippen molar-refractivity contribution in [3.8, 4) is 11.1 Å². The van der Waals surface area contributed by atoms with Gasteiger partial charge in [0.25, 0.3) is 0 Å². The number of hydrogen-bond acceptors (Lipinski definition) is 3. The van der Waals surface area contributed by atoms with Crippen LogP contribution in [0.25, 0.3) is 11.1 Å². The van der Waals surface area contributed by atoms with E-state index < -0.39 is 17.9 Å². The quantitative estimate of drug-likeness (QED) is 0.536. The lowest BCUT2D eigenvalue weighted by molar-refractivity contribution is -0.142. The molecule has 0 bridgehead atoms. The average molecular weight is 397 g/mol. The number of carbonyl (C=O) groups excluding carboxylic acids is 1. The molecular weight excluding hydrogens is 370 g/mol. The number of carboxylic acids is 2. The molecule has 6 heteroatoms. The van der Waals surface area contributed by atoms with Crippen molar-refractivity contribution in [3.63, 3.8) is 0 Å². The van der Waals surface area contributed by atoms with Gasteiger partial charge >= 0.3 is 11.9 Å². The molecule has 0 radical (unpaired) electrons. The van der Waals surface area contributed by atoms with Gasteiger partial charge in [0.2, 0.25) is 5.91 Å². The highest BCUT2D eigenvalue weighted by Crippen LogP contribution is 2.20. The first kappa shape index (κ1) is 22.1. The van der Waals surface area contributed by atoms with E-state index in [4.69, 9.17) is 5.11 Å². The lowest BCUT2D eigenvalue weighted by atomic mass is 9.94. The van der Waals surface area contributed by atoms with Crippen molar-refractivity contribution in [1.82, 2.24) is 5.32 Å². The molecule has 154 valence electrons. The van der Waals surface area contributed by atoms with E-state index >= 15 is 0 Å². The van der Waals surface area contributed by atoms with Crippen LogP contribution in [-0.4, -0.2) is 34.1 Å². The Kier molecular flexibility index (Phi) is 8.40. The Morgan fingerprint density at radius 2 is 1.52 bits per heavy atom. The van der Waals surface area contributed by atoms with Crippen LogP contribution in [0.5, 0.6) is 0 Å². The van der Waals surface area contributed by atoms with Gasteiger partial charge in [-0.25, -0.2) is 0 Å². The Morgan fingerprint density at radius 3 is 2.10 bits per heavy atom. The van der Waals surface area contributed by atoms with Crippen LogP contribution in [-0.2, 0) is 20.8 Å². The molecule has 29 heavy (non-hydrogen) atoms. The predicted molar refractivity (Wildman–Crippen MR) is 110 cm³/mol. The first-order valence-corrected chi connectivity index (χ1v) is 9.73. The Hall–Kier alpha value is -3.15. The summed E-state index contributed by atoms with van der Waals surface area (Å²) in [6.07, 6.45) is 1.12. The third kappa shape index (κ3) is 7.78. The maximum absolute atomic E-state index is 12.2. The van der Waals surface area contributed by atoms with Crippen LogP contribution in [0, 0.1) is 5.92 Å². The highest BCUT2D eigenvalue weighted by atomic mass is 16.4. The zero-order chi connectivity index (χ0) is 21.2. The van der Waals surface area contributed by atoms with Crippen molar-refractivity contribution in [1.29, 1.82) is 0 Å². The SMILES string of the molecule is C[C@@H](C[C@@H](Cc1ccc(-c2ccccc2)cc1)NC(=O)CCCC(=O)O)C(=O)O. The Labute approximate surface area is 170 Å². The van der Waals surface area contributed by atoms with Gasteiger partial charge in [-0.05, 0) is 36.0 Å². The van der Waals surface area contributed by atoms with E-state index in [0.717, 1.165) is 16.7 Å². The minimum Gasteiger partial charge on any atom is -0.481 e. The third-order valence-corrected chi connectivity index (χ3v) is 4.76. The summed E-state index contributed by atoms with van der Waals surface area (Å²) in [5.41, 5.74) is 3.20. The number of carbonyl (C=O) groups is 3. The summed E-state index contributed by atoms with van der Waals surface area (Å²) in [5, 5.41) is 20.8. The summed E-state index contributed by atoms with van der Waals surface area (Å²) in [4.78, 5) is 34.0. The minimum atomic E-state index is -0.938. The van der Waals surface area contributed by atoms with Crippen molar-refractivity contribution in [3.05, 3.63) is 60.2 Å². The fraction of sp³-hybridized carbons (Fsp3) is 0.348. The molecule has 0 heterocycles. The lowest BCUT2D eigenvalue weighted by Gasteiger charge is -2.21. The summed E-state index contributed by atoms with van der Waals surface area (Å²) in [6, 6.07) is 17.6. The topological polar surface area (TPSA) is 104 Å². The Balaban J connectivity index is 2.03. The van der Waals surface area contributed by atoms with Gasteiger partial charge in [-0.15, -0.1) is 0 Å². The summed E-state index contributed by atoms with van der Waals surface area (Å²) >= 11 is 0. The van der Waals surface area contributed by atoms with Crippen LogP contribution in [0.1, 0.15) is 38.2 Å². The van der Waals surface area contributed by atoms with Gasteiger partial charge in [0.05, 0.1) is 5.92 Å². The normalized spacial score (nSPS) is 12.7. The maximum Gasteiger partial charge on any atom is 0.306 e. The number of carboxylic acid groups (broad SMARTS) is 2. The van der Waals surface area contributed by atoms with E-state index in [2.05, 4.69) is 5.32 Å². The van der Waals surface area contributed by atoms with Crippen LogP contribution in [0.3, 0.4) is 0 Å². The highest BCUT2D eigenvalue weighted by Gasteiger charge is 2.20. The van der Waals surface area contributed by atoms with Gasteiger partial charge in [-0.1, -0.05) is 61.5 Å². The number of benzene rings is 2. The molecule has 0 saturated heterocycles. The molecule has 2 rings (SSSR count). The second-order valence-electron chi connectivity index (χ2n) is 7.25. The lowest BCUT2D eigenvalue weighted by Crippen LogP contribution is -2.38. The van der Waals surface area contributed by atoms with Crippen molar-refractivity contribution < 1.29 is 24.6 Å². The molecule has 0 aliphatic rings. The molecule has 0 fully saturated rings. The molecule has 1 amide bonds. The zero-order valence-corrected chi connectivity index (χ0v) is 16.5.